The van der Waals surface area contributed by atoms with Crippen LogP contribution in [0.25, 0.3) is 0 Å². The van der Waals surface area contributed by atoms with Crippen LogP contribution in [0.15, 0.2) is 48.5 Å². The first-order valence-electron chi connectivity index (χ1n) is 8.44. The Morgan fingerprint density at radius 1 is 0.880 bits per heavy atom. The summed E-state index contributed by atoms with van der Waals surface area (Å²) in [5, 5.41) is 39.5. The molecule has 0 spiro atoms. The van der Waals surface area contributed by atoms with Gasteiger partial charge in [0.15, 0.2) is 0 Å². The number of hydrogen-bond donors (Lipinski definition) is 4. The highest BCUT2D eigenvalue weighted by atomic mass is 16.5. The van der Waals surface area contributed by atoms with E-state index < -0.39 is 37.1 Å². The maximum Gasteiger partial charge on any atom is 0.113 e. The highest BCUT2D eigenvalue weighted by Crippen LogP contribution is 2.32. The molecule has 0 amide bonds. The van der Waals surface area contributed by atoms with E-state index in [9.17, 15) is 20.4 Å². The molecule has 1 aliphatic heterocycles. The fourth-order valence-electron chi connectivity index (χ4n) is 3.20. The second-order valence-electron chi connectivity index (χ2n) is 6.66. The molecule has 5 atom stereocenters. The van der Waals surface area contributed by atoms with E-state index in [0.717, 1.165) is 12.0 Å². The van der Waals surface area contributed by atoms with Gasteiger partial charge >= 0.3 is 0 Å². The largest absolute Gasteiger partial charge is 0.394 e. The molecule has 0 saturated carbocycles. The minimum absolute atomic E-state index is 0.426. The molecule has 0 unspecified atom stereocenters. The Morgan fingerprint density at radius 2 is 1.60 bits per heavy atom. The number of benzene rings is 2. The van der Waals surface area contributed by atoms with Gasteiger partial charge in [-0.05, 0) is 30.0 Å². The molecule has 3 rings (SSSR count). The van der Waals surface area contributed by atoms with Gasteiger partial charge in [-0.3, -0.25) is 0 Å². The molecule has 0 aliphatic carbocycles. The minimum Gasteiger partial charge on any atom is -0.394 e. The van der Waals surface area contributed by atoms with E-state index >= 15 is 0 Å². The first kappa shape index (κ1) is 18.0. The standard InChI is InChI=1S/C20H24O5/c1-12-5-7-13(8-6-12)9-14-3-2-4-15(10-14)20-19(24)18(23)17(22)16(11-21)25-20/h2-8,10,16-24H,9,11H2,1H3/t16-,17-,18+,19-,20+/m1/s1. The molecule has 4 N–H and O–H groups in total. The molecule has 1 fully saturated rings. The Hall–Kier alpha value is -1.76. The molecule has 2 aromatic carbocycles. The summed E-state index contributed by atoms with van der Waals surface area (Å²) < 4.78 is 5.63. The maximum atomic E-state index is 10.3. The van der Waals surface area contributed by atoms with Gasteiger partial charge in [0.25, 0.3) is 0 Å². The van der Waals surface area contributed by atoms with Crippen molar-refractivity contribution in [2.24, 2.45) is 0 Å². The normalized spacial score (nSPS) is 29.6. The second kappa shape index (κ2) is 7.64. The van der Waals surface area contributed by atoms with Crippen molar-refractivity contribution in [1.82, 2.24) is 0 Å². The van der Waals surface area contributed by atoms with E-state index in [1.807, 2.05) is 31.2 Å². The van der Waals surface area contributed by atoms with Crippen LogP contribution in [0.3, 0.4) is 0 Å². The predicted molar refractivity (Wildman–Crippen MR) is 93.1 cm³/mol. The van der Waals surface area contributed by atoms with Crippen molar-refractivity contribution in [2.45, 2.75) is 43.9 Å². The maximum absolute atomic E-state index is 10.3. The number of rotatable bonds is 4. The molecule has 2 aromatic rings. The third-order valence-corrected chi connectivity index (χ3v) is 4.70. The Kier molecular flexibility index (Phi) is 5.51. The van der Waals surface area contributed by atoms with E-state index in [2.05, 4.69) is 24.3 Å². The van der Waals surface area contributed by atoms with Crippen LogP contribution in [0.4, 0.5) is 0 Å². The van der Waals surface area contributed by atoms with Gasteiger partial charge in [0.05, 0.1) is 6.61 Å². The van der Waals surface area contributed by atoms with Crippen molar-refractivity contribution in [3.8, 4) is 0 Å². The van der Waals surface area contributed by atoms with Gasteiger partial charge < -0.3 is 25.2 Å². The fraction of sp³-hybridized carbons (Fsp3) is 0.400. The lowest BCUT2D eigenvalue weighted by Gasteiger charge is -2.40. The van der Waals surface area contributed by atoms with Gasteiger partial charge in [0.2, 0.25) is 0 Å². The fourth-order valence-corrected chi connectivity index (χ4v) is 3.20. The summed E-state index contributed by atoms with van der Waals surface area (Å²) >= 11 is 0. The number of hydrogen-bond acceptors (Lipinski definition) is 5. The summed E-state index contributed by atoms with van der Waals surface area (Å²) in [6.45, 7) is 1.62. The van der Waals surface area contributed by atoms with E-state index in [0.29, 0.717) is 5.56 Å². The van der Waals surface area contributed by atoms with Gasteiger partial charge in [0, 0.05) is 0 Å². The molecular weight excluding hydrogens is 320 g/mol. The zero-order valence-corrected chi connectivity index (χ0v) is 14.1. The van der Waals surface area contributed by atoms with Crippen LogP contribution in [0.5, 0.6) is 0 Å². The van der Waals surface area contributed by atoms with E-state index in [1.54, 1.807) is 0 Å². The lowest BCUT2D eigenvalue weighted by molar-refractivity contribution is -0.231. The van der Waals surface area contributed by atoms with Crippen LogP contribution in [0, 0.1) is 6.92 Å². The van der Waals surface area contributed by atoms with Crippen molar-refractivity contribution in [1.29, 1.82) is 0 Å². The first-order valence-corrected chi connectivity index (χ1v) is 8.44. The average Bonchev–Trinajstić information content (AvgIpc) is 2.62. The quantitative estimate of drug-likeness (QED) is 0.667. The minimum atomic E-state index is -1.36. The summed E-state index contributed by atoms with van der Waals surface area (Å²) in [6.07, 6.45) is -4.92. The molecule has 0 aromatic heterocycles. The highest BCUT2D eigenvalue weighted by molar-refractivity contribution is 5.32. The van der Waals surface area contributed by atoms with Crippen LogP contribution < -0.4 is 0 Å². The lowest BCUT2D eigenvalue weighted by atomic mass is 9.90. The molecule has 0 radical (unpaired) electrons. The number of aliphatic hydroxyl groups is 4. The predicted octanol–water partition coefficient (Wildman–Crippen LogP) is 1.10. The van der Waals surface area contributed by atoms with Crippen LogP contribution in [0.1, 0.15) is 28.4 Å². The smallest absolute Gasteiger partial charge is 0.113 e. The Morgan fingerprint density at radius 3 is 2.28 bits per heavy atom. The van der Waals surface area contributed by atoms with Crippen molar-refractivity contribution >= 4 is 0 Å². The monoisotopic (exact) mass is 344 g/mol. The van der Waals surface area contributed by atoms with Crippen molar-refractivity contribution in [3.05, 3.63) is 70.8 Å². The molecule has 0 bridgehead atoms. The van der Waals surface area contributed by atoms with Crippen LogP contribution in [0.2, 0.25) is 0 Å². The van der Waals surface area contributed by atoms with Crippen LogP contribution >= 0.6 is 0 Å². The molecule has 1 aliphatic rings. The number of aliphatic hydroxyl groups excluding tert-OH is 4. The summed E-state index contributed by atoms with van der Waals surface area (Å²) in [5.74, 6) is 0. The van der Waals surface area contributed by atoms with Crippen molar-refractivity contribution in [2.75, 3.05) is 6.61 Å². The van der Waals surface area contributed by atoms with Gasteiger partial charge in [0.1, 0.15) is 30.5 Å². The number of ether oxygens (including phenoxy) is 1. The summed E-state index contributed by atoms with van der Waals surface area (Å²) in [5.41, 5.74) is 4.15. The zero-order valence-electron chi connectivity index (χ0n) is 14.1. The van der Waals surface area contributed by atoms with Gasteiger partial charge in [-0.25, -0.2) is 0 Å². The first-order chi connectivity index (χ1) is 12.0. The van der Waals surface area contributed by atoms with Crippen molar-refractivity contribution in [3.63, 3.8) is 0 Å². The lowest BCUT2D eigenvalue weighted by Crippen LogP contribution is -2.55. The molecule has 25 heavy (non-hydrogen) atoms. The average molecular weight is 344 g/mol. The SMILES string of the molecule is Cc1ccc(Cc2cccc([C@@H]3O[C@H](CO)[C@@H](O)[C@H](O)[C@H]3O)c2)cc1. The van der Waals surface area contributed by atoms with E-state index in [1.165, 1.54) is 11.1 Å². The van der Waals surface area contributed by atoms with Gasteiger partial charge in [-0.15, -0.1) is 0 Å². The second-order valence-corrected chi connectivity index (χ2v) is 6.66. The molecule has 5 heteroatoms. The highest BCUT2D eigenvalue weighted by Gasteiger charge is 2.43. The third kappa shape index (κ3) is 3.92. The van der Waals surface area contributed by atoms with Gasteiger partial charge in [-0.2, -0.15) is 0 Å². The summed E-state index contributed by atoms with van der Waals surface area (Å²) in [6, 6.07) is 15.9. The Labute approximate surface area is 147 Å². The Bertz CT molecular complexity index is 697. The topological polar surface area (TPSA) is 90.2 Å². The Balaban J connectivity index is 1.81. The van der Waals surface area contributed by atoms with Gasteiger partial charge in [-0.1, -0.05) is 54.1 Å². The van der Waals surface area contributed by atoms with E-state index in [-0.39, 0.29) is 0 Å². The van der Waals surface area contributed by atoms with Crippen LogP contribution in [-0.2, 0) is 11.2 Å². The molecule has 5 nitrogen and oxygen atoms in total. The molecule has 1 saturated heterocycles. The summed E-state index contributed by atoms with van der Waals surface area (Å²) in [4.78, 5) is 0. The number of aryl methyl sites for hydroxylation is 1. The zero-order chi connectivity index (χ0) is 18.0. The molecular formula is C20H24O5. The third-order valence-electron chi connectivity index (χ3n) is 4.70. The molecule has 134 valence electrons. The van der Waals surface area contributed by atoms with E-state index in [4.69, 9.17) is 4.74 Å². The van der Waals surface area contributed by atoms with Crippen LogP contribution in [-0.4, -0.2) is 51.4 Å². The summed E-state index contributed by atoms with van der Waals surface area (Å²) in [7, 11) is 0. The van der Waals surface area contributed by atoms with Crippen molar-refractivity contribution < 1.29 is 25.2 Å². The molecule has 1 heterocycles.